The molecule has 0 radical (unpaired) electrons. The Morgan fingerprint density at radius 1 is 1.03 bits per heavy atom. The van der Waals surface area contributed by atoms with Gasteiger partial charge in [0.2, 0.25) is 10.0 Å². The van der Waals surface area contributed by atoms with E-state index >= 15 is 0 Å². The van der Waals surface area contributed by atoms with E-state index in [2.05, 4.69) is 5.32 Å². The average Bonchev–Trinajstić information content (AvgIpc) is 3.45. The Labute approximate surface area is 186 Å². The zero-order valence-electron chi connectivity index (χ0n) is 17.6. The van der Waals surface area contributed by atoms with Gasteiger partial charge in [-0.2, -0.15) is 4.31 Å². The second-order valence-electron chi connectivity index (χ2n) is 7.67. The van der Waals surface area contributed by atoms with E-state index < -0.39 is 10.0 Å². The first-order valence-corrected chi connectivity index (χ1v) is 11.7. The molecule has 1 aliphatic heterocycles. The van der Waals surface area contributed by atoms with Crippen LogP contribution in [0.1, 0.15) is 28.9 Å². The molecule has 1 aromatic heterocycles. The molecule has 3 aromatic rings. The number of carbonyl (C=O) groups excluding carboxylic acids is 1. The molecule has 2 heterocycles. The van der Waals surface area contributed by atoms with Crippen molar-refractivity contribution in [1.29, 1.82) is 0 Å². The van der Waals surface area contributed by atoms with Gasteiger partial charge in [0.1, 0.15) is 27.9 Å². The molecule has 1 fully saturated rings. The van der Waals surface area contributed by atoms with Crippen molar-refractivity contribution in [1.82, 2.24) is 14.2 Å². The number of benzene rings is 2. The first-order chi connectivity index (χ1) is 15.3. The molecule has 0 spiro atoms. The van der Waals surface area contributed by atoms with Gasteiger partial charge in [0.05, 0.1) is 0 Å². The molecule has 1 N–H and O–H groups in total. The molecule has 1 saturated heterocycles. The number of nitrogens with one attached hydrogen (secondary N) is 1. The van der Waals surface area contributed by atoms with Crippen molar-refractivity contribution in [2.75, 3.05) is 13.1 Å². The van der Waals surface area contributed by atoms with Gasteiger partial charge >= 0.3 is 0 Å². The third kappa shape index (κ3) is 4.84. The molecule has 4 rings (SSSR count). The predicted octanol–water partition coefficient (Wildman–Crippen LogP) is 3.67. The lowest BCUT2D eigenvalue weighted by atomic mass is 10.2. The van der Waals surface area contributed by atoms with Crippen LogP contribution in [0.25, 0.3) is 0 Å². The van der Waals surface area contributed by atoms with Gasteiger partial charge in [-0.1, -0.05) is 12.1 Å². The summed E-state index contributed by atoms with van der Waals surface area (Å²) in [6.45, 7) is 1.30. The highest BCUT2D eigenvalue weighted by atomic mass is 32.2. The van der Waals surface area contributed by atoms with Crippen molar-refractivity contribution in [3.8, 4) is 11.5 Å². The van der Waals surface area contributed by atoms with Crippen molar-refractivity contribution < 1.29 is 22.3 Å². The average molecular weight is 458 g/mol. The number of aryl methyl sites for hydroxylation is 1. The zero-order valence-corrected chi connectivity index (χ0v) is 18.4. The van der Waals surface area contributed by atoms with Crippen LogP contribution in [0.2, 0.25) is 0 Å². The number of sulfonamides is 1. The zero-order chi connectivity index (χ0) is 22.7. The Bertz CT molecular complexity index is 1200. The summed E-state index contributed by atoms with van der Waals surface area (Å²) in [6, 6.07) is 14.3. The van der Waals surface area contributed by atoms with Gasteiger partial charge in [-0.15, -0.1) is 0 Å². The molecule has 168 valence electrons. The number of nitrogens with zero attached hydrogens (tertiary/aromatic N) is 2. The van der Waals surface area contributed by atoms with Gasteiger partial charge in [0.15, 0.2) is 0 Å². The first kappa shape index (κ1) is 22.0. The van der Waals surface area contributed by atoms with E-state index in [1.165, 1.54) is 33.3 Å². The monoisotopic (exact) mass is 457 g/mol. The van der Waals surface area contributed by atoms with Crippen LogP contribution in [0, 0.1) is 5.82 Å². The van der Waals surface area contributed by atoms with Gasteiger partial charge < -0.3 is 14.6 Å². The fraction of sp³-hybridized carbons (Fsp3) is 0.261. The van der Waals surface area contributed by atoms with Gasteiger partial charge in [-0.05, 0) is 60.9 Å². The number of rotatable bonds is 7. The van der Waals surface area contributed by atoms with E-state index in [0.717, 1.165) is 18.4 Å². The quantitative estimate of drug-likeness (QED) is 0.587. The van der Waals surface area contributed by atoms with Crippen LogP contribution in [0.4, 0.5) is 4.39 Å². The summed E-state index contributed by atoms with van der Waals surface area (Å²) in [5.41, 5.74) is 1.13. The van der Waals surface area contributed by atoms with Gasteiger partial charge in [0, 0.05) is 32.9 Å². The number of halogens is 1. The molecular formula is C23H24FN3O4S. The smallest absolute Gasteiger partial charge is 0.268 e. The van der Waals surface area contributed by atoms with Crippen molar-refractivity contribution in [3.05, 3.63) is 77.9 Å². The van der Waals surface area contributed by atoms with E-state index in [-0.39, 0.29) is 28.9 Å². The van der Waals surface area contributed by atoms with E-state index in [1.54, 1.807) is 31.3 Å². The molecule has 0 unspecified atom stereocenters. The van der Waals surface area contributed by atoms with Crippen LogP contribution >= 0.6 is 0 Å². The molecule has 1 aliphatic rings. The summed E-state index contributed by atoms with van der Waals surface area (Å²) in [5.74, 6) is 0.422. The minimum atomic E-state index is -3.58. The Balaban J connectivity index is 1.37. The number of carbonyl (C=O) groups is 1. The Morgan fingerprint density at radius 2 is 1.62 bits per heavy atom. The second kappa shape index (κ2) is 9.13. The molecular weight excluding hydrogens is 433 g/mol. The molecule has 2 aromatic carbocycles. The molecule has 0 bridgehead atoms. The number of aromatic nitrogens is 1. The fourth-order valence-electron chi connectivity index (χ4n) is 3.57. The van der Waals surface area contributed by atoms with Crippen LogP contribution in [-0.4, -0.2) is 36.3 Å². The molecule has 0 saturated carbocycles. The first-order valence-electron chi connectivity index (χ1n) is 10.3. The molecule has 0 atom stereocenters. The fourth-order valence-corrected chi connectivity index (χ4v) is 5.15. The lowest BCUT2D eigenvalue weighted by Gasteiger charge is -2.13. The van der Waals surface area contributed by atoms with Gasteiger partial charge in [0.25, 0.3) is 5.91 Å². The van der Waals surface area contributed by atoms with Gasteiger partial charge in [-0.25, -0.2) is 12.8 Å². The summed E-state index contributed by atoms with van der Waals surface area (Å²) in [6.07, 6.45) is 3.18. The van der Waals surface area contributed by atoms with E-state index in [0.29, 0.717) is 24.6 Å². The van der Waals surface area contributed by atoms with Crippen LogP contribution in [-0.2, 0) is 23.6 Å². The molecule has 1 amide bonds. The molecule has 32 heavy (non-hydrogen) atoms. The topological polar surface area (TPSA) is 80.6 Å². The summed E-state index contributed by atoms with van der Waals surface area (Å²) >= 11 is 0. The van der Waals surface area contributed by atoms with Gasteiger partial charge in [-0.3, -0.25) is 4.79 Å². The van der Waals surface area contributed by atoms with E-state index in [4.69, 9.17) is 4.74 Å². The third-order valence-corrected chi connectivity index (χ3v) is 7.21. The van der Waals surface area contributed by atoms with Crippen LogP contribution in [0.5, 0.6) is 11.5 Å². The third-order valence-electron chi connectivity index (χ3n) is 5.34. The highest BCUT2D eigenvalue weighted by Crippen LogP contribution is 2.23. The Morgan fingerprint density at radius 3 is 2.25 bits per heavy atom. The Hall–Kier alpha value is -3.17. The predicted molar refractivity (Wildman–Crippen MR) is 117 cm³/mol. The van der Waals surface area contributed by atoms with Crippen molar-refractivity contribution in [3.63, 3.8) is 0 Å². The minimum Gasteiger partial charge on any atom is -0.457 e. The lowest BCUT2D eigenvalue weighted by molar-refractivity contribution is 0.0942. The Kier molecular flexibility index (Phi) is 6.29. The van der Waals surface area contributed by atoms with Crippen LogP contribution in [0.15, 0.2) is 65.7 Å². The maximum absolute atomic E-state index is 13.0. The van der Waals surface area contributed by atoms with Crippen molar-refractivity contribution in [2.24, 2.45) is 7.05 Å². The summed E-state index contributed by atoms with van der Waals surface area (Å²) in [5, 5.41) is 2.82. The van der Waals surface area contributed by atoms with Crippen LogP contribution < -0.4 is 10.1 Å². The van der Waals surface area contributed by atoms with Crippen LogP contribution in [0.3, 0.4) is 0 Å². The summed E-state index contributed by atoms with van der Waals surface area (Å²) in [7, 11) is -1.92. The molecule has 0 aliphatic carbocycles. The van der Waals surface area contributed by atoms with Crippen molar-refractivity contribution in [2.45, 2.75) is 24.3 Å². The second-order valence-corrected chi connectivity index (χ2v) is 9.60. The number of hydrogen-bond donors (Lipinski definition) is 1. The highest BCUT2D eigenvalue weighted by molar-refractivity contribution is 7.89. The molecule has 7 nitrogen and oxygen atoms in total. The SMILES string of the molecule is Cn1cc(S(=O)(=O)N2CCCC2)cc1C(=O)NCc1ccc(Oc2ccc(F)cc2)cc1. The lowest BCUT2D eigenvalue weighted by Crippen LogP contribution is -2.27. The maximum Gasteiger partial charge on any atom is 0.268 e. The number of ether oxygens (including phenoxy) is 1. The maximum atomic E-state index is 13.0. The summed E-state index contributed by atoms with van der Waals surface area (Å²) in [4.78, 5) is 12.8. The van der Waals surface area contributed by atoms with Crippen molar-refractivity contribution >= 4 is 15.9 Å². The van der Waals surface area contributed by atoms with E-state index in [9.17, 15) is 17.6 Å². The number of hydrogen-bond acceptors (Lipinski definition) is 4. The normalized spacial score (nSPS) is 14.4. The highest BCUT2D eigenvalue weighted by Gasteiger charge is 2.29. The molecule has 9 heteroatoms. The summed E-state index contributed by atoms with van der Waals surface area (Å²) < 4.78 is 47.1. The number of amides is 1. The standard InChI is InChI=1S/C23H24FN3O4S/c1-26-16-21(32(29,30)27-12-2-3-13-27)14-22(26)23(28)25-15-17-4-8-19(9-5-17)31-20-10-6-18(24)7-11-20/h4-11,14,16H,2-3,12-13,15H2,1H3,(H,25,28). The largest absolute Gasteiger partial charge is 0.457 e. The minimum absolute atomic E-state index is 0.134. The van der Waals surface area contributed by atoms with E-state index in [1.807, 2.05) is 12.1 Å².